The minimum atomic E-state index is -4.27. The number of benzene rings is 3. The van der Waals surface area contributed by atoms with E-state index < -0.39 is 15.5 Å². The van der Waals surface area contributed by atoms with Gasteiger partial charge in [-0.3, -0.25) is 4.55 Å². The Morgan fingerprint density at radius 1 is 0.956 bits per heavy atom. The van der Waals surface area contributed by atoms with Crippen molar-refractivity contribution in [2.45, 2.75) is 95.3 Å². The largest absolute Gasteiger partial charge is 0.358 e. The van der Waals surface area contributed by atoms with Gasteiger partial charge < -0.3 is 5.32 Å². The lowest BCUT2D eigenvalue weighted by molar-refractivity contribution is -0.435. The highest BCUT2D eigenvalue weighted by atomic mass is 32.2. The zero-order valence-electron chi connectivity index (χ0n) is 27.5. The lowest BCUT2D eigenvalue weighted by Gasteiger charge is -2.35. The molecule has 236 valence electrons. The standard InChI is InChI=1S/C39H46N2O3S/c1-7-41-34-21-16-26(2)24-32(34)39(5,6)36(41)23-18-29-15-11-14-28(37(29)27-12-9-8-10-13-27)17-22-35-38(3,4)31-25-30(45(42,43)44)19-20-33(31)40-35/h8-10,12-13,16-17,19-22,24-25,29,37,40H,7,11,14-15,18,23H2,1-6H3/p+1/b28-17+,35-22+. The maximum atomic E-state index is 11.8. The van der Waals surface area contributed by atoms with Crippen LogP contribution in [0.4, 0.5) is 11.4 Å². The third-order valence-electron chi connectivity index (χ3n) is 10.7. The molecule has 1 saturated carbocycles. The van der Waals surface area contributed by atoms with E-state index in [1.165, 1.54) is 52.6 Å². The molecule has 0 saturated heterocycles. The van der Waals surface area contributed by atoms with Crippen LogP contribution in [0.1, 0.15) is 94.9 Å². The molecule has 2 unspecified atom stereocenters. The van der Waals surface area contributed by atoms with Crippen LogP contribution in [0.2, 0.25) is 0 Å². The summed E-state index contributed by atoms with van der Waals surface area (Å²) in [4.78, 5) is -0.0711. The van der Waals surface area contributed by atoms with Crippen molar-refractivity contribution in [3.8, 4) is 0 Å². The first-order chi connectivity index (χ1) is 21.3. The SMILES string of the molecule is CC[N+]1=C(CCC2CCC/C(=C\C=C3\Nc4ccc(S(=O)(=O)O)cc4C3(C)C)C2c2ccccc2)C(C)(C)c2cc(C)ccc21. The molecule has 2 heterocycles. The fourth-order valence-corrected chi connectivity index (χ4v) is 8.70. The molecule has 0 bridgehead atoms. The molecule has 0 radical (unpaired) electrons. The second-order valence-electron chi connectivity index (χ2n) is 14.2. The summed E-state index contributed by atoms with van der Waals surface area (Å²) in [5.41, 5.74) is 10.9. The van der Waals surface area contributed by atoms with Crippen molar-refractivity contribution in [2.24, 2.45) is 5.92 Å². The molecule has 2 atom stereocenters. The van der Waals surface area contributed by atoms with Crippen LogP contribution in [0.3, 0.4) is 0 Å². The molecular formula is C39H47N2O3S+. The fourth-order valence-electron chi connectivity index (χ4n) is 8.19. The number of nitrogens with one attached hydrogen (secondary N) is 1. The van der Waals surface area contributed by atoms with Crippen molar-refractivity contribution in [3.05, 3.63) is 112 Å². The molecular weight excluding hydrogens is 577 g/mol. The highest BCUT2D eigenvalue weighted by molar-refractivity contribution is 7.85. The number of fused-ring (bicyclic) bond motifs is 2. The van der Waals surface area contributed by atoms with Crippen LogP contribution in [0, 0.1) is 12.8 Å². The third-order valence-corrected chi connectivity index (χ3v) is 11.5. The number of allylic oxidation sites excluding steroid dienone is 4. The number of aryl methyl sites for hydroxylation is 1. The Bertz CT molecular complexity index is 1830. The topological polar surface area (TPSA) is 69.4 Å². The molecule has 2 N–H and O–H groups in total. The van der Waals surface area contributed by atoms with Crippen LogP contribution in [-0.4, -0.2) is 29.8 Å². The first-order valence-electron chi connectivity index (χ1n) is 16.4. The van der Waals surface area contributed by atoms with Gasteiger partial charge in [-0.2, -0.15) is 13.0 Å². The molecule has 3 aromatic carbocycles. The van der Waals surface area contributed by atoms with E-state index in [0.717, 1.165) is 42.8 Å². The smallest absolute Gasteiger partial charge is 0.294 e. The van der Waals surface area contributed by atoms with Crippen molar-refractivity contribution >= 4 is 27.2 Å². The number of hydrogen-bond acceptors (Lipinski definition) is 3. The number of rotatable bonds is 7. The van der Waals surface area contributed by atoms with E-state index in [4.69, 9.17) is 0 Å². The summed E-state index contributed by atoms with van der Waals surface area (Å²) < 4.78 is 35.9. The van der Waals surface area contributed by atoms with Crippen LogP contribution in [-0.2, 0) is 20.9 Å². The maximum absolute atomic E-state index is 11.8. The minimum absolute atomic E-state index is 0.0152. The van der Waals surface area contributed by atoms with Gasteiger partial charge in [0.15, 0.2) is 5.71 Å². The summed E-state index contributed by atoms with van der Waals surface area (Å²) in [6, 6.07) is 22.7. The highest BCUT2D eigenvalue weighted by Crippen LogP contribution is 2.48. The van der Waals surface area contributed by atoms with E-state index in [0.29, 0.717) is 11.8 Å². The van der Waals surface area contributed by atoms with E-state index in [2.05, 4.69) is 112 Å². The Hall–Kier alpha value is -3.48. The molecule has 2 aliphatic heterocycles. The number of hydrogen-bond donors (Lipinski definition) is 2. The van der Waals surface area contributed by atoms with E-state index in [1.54, 1.807) is 12.1 Å². The zero-order chi connectivity index (χ0) is 32.1. The van der Waals surface area contributed by atoms with Gasteiger partial charge in [-0.15, -0.1) is 0 Å². The van der Waals surface area contributed by atoms with Gasteiger partial charge in [0, 0.05) is 40.8 Å². The fraction of sp³-hybridized carbons (Fsp3) is 0.410. The molecule has 0 aromatic heterocycles. The summed E-state index contributed by atoms with van der Waals surface area (Å²) in [6.07, 6.45) is 10.2. The molecule has 5 nitrogen and oxygen atoms in total. The third kappa shape index (κ3) is 5.72. The van der Waals surface area contributed by atoms with Crippen molar-refractivity contribution in [1.29, 1.82) is 0 Å². The summed E-state index contributed by atoms with van der Waals surface area (Å²) in [5.74, 6) is 0.886. The molecule has 6 heteroatoms. The summed E-state index contributed by atoms with van der Waals surface area (Å²) in [5, 5.41) is 3.54. The normalized spacial score (nSPS) is 23.7. The molecule has 3 aromatic rings. The summed E-state index contributed by atoms with van der Waals surface area (Å²) >= 11 is 0. The summed E-state index contributed by atoms with van der Waals surface area (Å²) in [7, 11) is -4.27. The van der Waals surface area contributed by atoms with Gasteiger partial charge in [-0.05, 0) is 101 Å². The predicted octanol–water partition coefficient (Wildman–Crippen LogP) is 9.22. The van der Waals surface area contributed by atoms with Crippen molar-refractivity contribution in [3.63, 3.8) is 0 Å². The Morgan fingerprint density at radius 2 is 1.71 bits per heavy atom. The Kier molecular flexibility index (Phi) is 8.20. The van der Waals surface area contributed by atoms with Crippen molar-refractivity contribution in [1.82, 2.24) is 0 Å². The molecule has 6 rings (SSSR count). The monoisotopic (exact) mass is 623 g/mol. The molecule has 1 aliphatic carbocycles. The molecule has 0 amide bonds. The summed E-state index contributed by atoms with van der Waals surface area (Å²) in [6.45, 7) is 14.4. The van der Waals surface area contributed by atoms with Gasteiger partial charge in [0.1, 0.15) is 6.54 Å². The van der Waals surface area contributed by atoms with Crippen molar-refractivity contribution in [2.75, 3.05) is 11.9 Å². The number of anilines is 1. The molecule has 45 heavy (non-hydrogen) atoms. The Labute approximate surface area is 269 Å². The van der Waals surface area contributed by atoms with E-state index in [9.17, 15) is 13.0 Å². The van der Waals surface area contributed by atoms with Gasteiger partial charge in [-0.1, -0.05) is 67.5 Å². The van der Waals surface area contributed by atoms with E-state index >= 15 is 0 Å². The first kappa shape index (κ1) is 31.5. The van der Waals surface area contributed by atoms with Crippen LogP contribution >= 0.6 is 0 Å². The average Bonchev–Trinajstić information content (AvgIpc) is 3.38. The van der Waals surface area contributed by atoms with Crippen LogP contribution in [0.25, 0.3) is 0 Å². The zero-order valence-corrected chi connectivity index (χ0v) is 28.3. The van der Waals surface area contributed by atoms with E-state index in [1.807, 2.05) is 0 Å². The predicted molar refractivity (Wildman–Crippen MR) is 185 cm³/mol. The van der Waals surface area contributed by atoms with Crippen LogP contribution < -0.4 is 5.32 Å². The molecule has 1 fully saturated rings. The van der Waals surface area contributed by atoms with Crippen molar-refractivity contribution < 1.29 is 17.5 Å². The van der Waals surface area contributed by atoms with Gasteiger partial charge >= 0.3 is 0 Å². The number of nitrogens with zero attached hydrogens (tertiary/aromatic N) is 1. The highest BCUT2D eigenvalue weighted by Gasteiger charge is 2.45. The Balaban J connectivity index is 1.31. The molecule has 0 spiro atoms. The van der Waals surface area contributed by atoms with Crippen LogP contribution in [0.15, 0.2) is 95.0 Å². The van der Waals surface area contributed by atoms with Gasteiger partial charge in [0.2, 0.25) is 5.69 Å². The van der Waals surface area contributed by atoms with E-state index in [-0.39, 0.29) is 10.3 Å². The lowest BCUT2D eigenvalue weighted by atomic mass is 9.69. The second kappa shape index (κ2) is 11.7. The van der Waals surface area contributed by atoms with Gasteiger partial charge in [0.25, 0.3) is 10.1 Å². The average molecular weight is 624 g/mol. The van der Waals surface area contributed by atoms with Gasteiger partial charge in [0.05, 0.1) is 10.3 Å². The molecule has 3 aliphatic rings. The lowest BCUT2D eigenvalue weighted by Crippen LogP contribution is -2.31. The van der Waals surface area contributed by atoms with Crippen LogP contribution in [0.5, 0.6) is 0 Å². The first-order valence-corrected chi connectivity index (χ1v) is 17.9. The second-order valence-corrected chi connectivity index (χ2v) is 15.6. The maximum Gasteiger partial charge on any atom is 0.294 e. The Morgan fingerprint density at radius 3 is 2.42 bits per heavy atom. The minimum Gasteiger partial charge on any atom is -0.358 e. The quantitative estimate of drug-likeness (QED) is 0.203. The van der Waals surface area contributed by atoms with Gasteiger partial charge in [-0.25, -0.2) is 0 Å².